The molecule has 0 fully saturated rings. The Balaban J connectivity index is 2.27. The Hall–Kier alpha value is -1.59. The van der Waals surface area contributed by atoms with Crippen LogP contribution in [0, 0.1) is 5.82 Å². The van der Waals surface area contributed by atoms with Gasteiger partial charge in [-0.3, -0.25) is 4.21 Å². The van der Waals surface area contributed by atoms with Crippen molar-refractivity contribution < 1.29 is 13.3 Å². The Morgan fingerprint density at radius 2 is 2.05 bits per heavy atom. The molecule has 2 aromatic rings. The van der Waals surface area contributed by atoms with E-state index in [1.54, 1.807) is 18.2 Å². The molecule has 1 unspecified atom stereocenters. The third-order valence-corrected chi connectivity index (χ3v) is 4.49. The summed E-state index contributed by atoms with van der Waals surface area (Å²) < 4.78 is 31.5. The quantitative estimate of drug-likeness (QED) is 0.850. The van der Waals surface area contributed by atoms with Gasteiger partial charge in [-0.15, -0.1) is 0 Å². The smallest absolute Gasteiger partial charge is 0.127 e. The molecule has 21 heavy (non-hydrogen) atoms. The average molecular weight is 328 g/mol. The number of nitrogens with two attached hydrogens (primary N) is 1. The van der Waals surface area contributed by atoms with Gasteiger partial charge in [0, 0.05) is 16.3 Å². The fourth-order valence-electron chi connectivity index (χ4n) is 1.84. The molecule has 0 aromatic heterocycles. The lowest BCUT2D eigenvalue weighted by molar-refractivity contribution is 0.339. The molecule has 0 heterocycles. The van der Waals surface area contributed by atoms with E-state index in [1.807, 2.05) is 6.92 Å². The van der Waals surface area contributed by atoms with Crippen LogP contribution in [0.3, 0.4) is 0 Å². The first-order valence-corrected chi connectivity index (χ1v) is 8.05. The van der Waals surface area contributed by atoms with Gasteiger partial charge in [0.15, 0.2) is 0 Å². The predicted molar refractivity (Wildman–Crippen MR) is 83.5 cm³/mol. The highest BCUT2D eigenvalue weighted by atomic mass is 35.5. The number of nitrogen functional groups attached to an aromatic ring is 1. The summed E-state index contributed by atoms with van der Waals surface area (Å²) in [6, 6.07) is 9.14. The molecule has 2 N–H and O–H groups in total. The van der Waals surface area contributed by atoms with E-state index in [0.29, 0.717) is 33.5 Å². The summed E-state index contributed by atoms with van der Waals surface area (Å²) in [6.45, 7) is 2.35. The summed E-state index contributed by atoms with van der Waals surface area (Å²) in [5, 5.41) is 0.402. The molecule has 112 valence electrons. The number of rotatable bonds is 5. The third-order valence-electron chi connectivity index (χ3n) is 2.84. The van der Waals surface area contributed by atoms with Gasteiger partial charge in [0.25, 0.3) is 0 Å². The zero-order valence-corrected chi connectivity index (χ0v) is 13.0. The van der Waals surface area contributed by atoms with E-state index in [4.69, 9.17) is 22.1 Å². The van der Waals surface area contributed by atoms with Gasteiger partial charge in [0.05, 0.1) is 28.1 Å². The fraction of sp³-hybridized carbons (Fsp3) is 0.200. The van der Waals surface area contributed by atoms with Crippen LogP contribution >= 0.6 is 11.6 Å². The van der Waals surface area contributed by atoms with Gasteiger partial charge < -0.3 is 10.5 Å². The highest BCUT2D eigenvalue weighted by Gasteiger charge is 2.13. The Morgan fingerprint density at radius 1 is 1.29 bits per heavy atom. The number of ether oxygens (including phenoxy) is 1. The number of benzene rings is 2. The van der Waals surface area contributed by atoms with Gasteiger partial charge in [-0.05, 0) is 43.3 Å². The molecule has 2 aromatic carbocycles. The number of halogens is 2. The van der Waals surface area contributed by atoms with Crippen LogP contribution in [-0.4, -0.2) is 10.8 Å². The van der Waals surface area contributed by atoms with E-state index >= 15 is 0 Å². The fourth-order valence-corrected chi connectivity index (χ4v) is 3.27. The molecule has 1 atom stereocenters. The number of hydrogen-bond donors (Lipinski definition) is 1. The molecule has 0 spiro atoms. The van der Waals surface area contributed by atoms with Crippen molar-refractivity contribution in [2.45, 2.75) is 17.6 Å². The first-order chi connectivity index (χ1) is 10.0. The second-order valence-electron chi connectivity index (χ2n) is 4.36. The zero-order valence-electron chi connectivity index (χ0n) is 11.4. The van der Waals surface area contributed by atoms with Crippen molar-refractivity contribution in [2.75, 3.05) is 12.3 Å². The van der Waals surface area contributed by atoms with Gasteiger partial charge in [0.1, 0.15) is 11.6 Å². The van der Waals surface area contributed by atoms with E-state index in [-0.39, 0.29) is 5.75 Å². The summed E-state index contributed by atoms with van der Waals surface area (Å²) in [5.74, 6) is 0.153. The molecule has 0 aliphatic heterocycles. The van der Waals surface area contributed by atoms with Crippen molar-refractivity contribution >= 4 is 28.1 Å². The van der Waals surface area contributed by atoms with Crippen LogP contribution in [-0.2, 0) is 16.6 Å². The minimum absolute atomic E-state index is 0.00612. The van der Waals surface area contributed by atoms with Gasteiger partial charge in [-0.25, -0.2) is 4.39 Å². The zero-order chi connectivity index (χ0) is 15.4. The second kappa shape index (κ2) is 6.91. The van der Waals surface area contributed by atoms with Crippen molar-refractivity contribution in [3.05, 3.63) is 52.8 Å². The molecule has 0 radical (unpaired) electrons. The summed E-state index contributed by atoms with van der Waals surface area (Å²) in [6.07, 6.45) is 0. The molecule has 3 nitrogen and oxygen atoms in total. The topological polar surface area (TPSA) is 52.3 Å². The van der Waals surface area contributed by atoms with Crippen molar-refractivity contribution in [2.24, 2.45) is 0 Å². The lowest BCUT2D eigenvalue weighted by Gasteiger charge is -2.10. The van der Waals surface area contributed by atoms with Crippen LogP contribution in [0.25, 0.3) is 0 Å². The highest BCUT2D eigenvalue weighted by Crippen LogP contribution is 2.26. The molecule has 0 aliphatic carbocycles. The van der Waals surface area contributed by atoms with E-state index in [2.05, 4.69) is 0 Å². The van der Waals surface area contributed by atoms with Crippen LogP contribution in [0.15, 0.2) is 41.3 Å². The molecule has 0 bridgehead atoms. The van der Waals surface area contributed by atoms with E-state index in [9.17, 15) is 8.60 Å². The van der Waals surface area contributed by atoms with E-state index in [1.165, 1.54) is 18.2 Å². The molecule has 2 rings (SSSR count). The molecular formula is C15H15ClFNO2S. The minimum Gasteiger partial charge on any atom is -0.494 e. The van der Waals surface area contributed by atoms with Crippen molar-refractivity contribution in [3.8, 4) is 5.75 Å². The van der Waals surface area contributed by atoms with Crippen molar-refractivity contribution in [1.82, 2.24) is 0 Å². The molecule has 0 saturated carbocycles. The summed E-state index contributed by atoms with van der Waals surface area (Å²) in [5.41, 5.74) is 6.52. The minimum atomic E-state index is -1.48. The van der Waals surface area contributed by atoms with Crippen LogP contribution < -0.4 is 10.5 Å². The predicted octanol–water partition coefficient (Wildman–Crippen LogP) is 3.77. The average Bonchev–Trinajstić information content (AvgIpc) is 2.45. The van der Waals surface area contributed by atoms with Crippen molar-refractivity contribution in [3.63, 3.8) is 0 Å². The number of hydrogen-bond acceptors (Lipinski definition) is 3. The van der Waals surface area contributed by atoms with Crippen molar-refractivity contribution in [1.29, 1.82) is 0 Å². The molecule has 0 saturated heterocycles. The first-order valence-electron chi connectivity index (χ1n) is 6.36. The summed E-state index contributed by atoms with van der Waals surface area (Å²) >= 11 is 5.83. The lowest BCUT2D eigenvalue weighted by atomic mass is 10.2. The van der Waals surface area contributed by atoms with Crippen LogP contribution in [0.5, 0.6) is 5.75 Å². The standard InChI is InChI=1S/C15H15ClFNO2S/c1-2-20-12-4-6-14(18)15(8-12)21(19)9-10-7-11(16)3-5-13(10)17/h3-8H,2,9,18H2,1H3. The SMILES string of the molecule is CCOc1ccc(N)c(S(=O)Cc2cc(Cl)ccc2F)c1. The molecular weight excluding hydrogens is 313 g/mol. The Morgan fingerprint density at radius 3 is 2.76 bits per heavy atom. The van der Waals surface area contributed by atoms with E-state index in [0.717, 1.165) is 0 Å². The van der Waals surface area contributed by atoms with E-state index < -0.39 is 16.6 Å². The molecule has 6 heteroatoms. The highest BCUT2D eigenvalue weighted by molar-refractivity contribution is 7.84. The maximum atomic E-state index is 13.7. The van der Waals surface area contributed by atoms with Gasteiger partial charge in [-0.2, -0.15) is 0 Å². The maximum absolute atomic E-state index is 13.7. The number of anilines is 1. The largest absolute Gasteiger partial charge is 0.494 e. The summed E-state index contributed by atoms with van der Waals surface area (Å²) in [7, 11) is -1.48. The van der Waals surface area contributed by atoms with Crippen LogP contribution in [0.4, 0.5) is 10.1 Å². The Kier molecular flexibility index (Phi) is 5.20. The Bertz CT molecular complexity index is 679. The second-order valence-corrected chi connectivity index (χ2v) is 6.21. The first kappa shape index (κ1) is 15.8. The normalized spacial score (nSPS) is 12.1. The molecule has 0 amide bonds. The monoisotopic (exact) mass is 327 g/mol. The van der Waals surface area contributed by atoms with Gasteiger partial charge in [-0.1, -0.05) is 11.6 Å². The lowest BCUT2D eigenvalue weighted by Crippen LogP contribution is -2.03. The Labute approximate surface area is 130 Å². The van der Waals surface area contributed by atoms with Crippen LogP contribution in [0.2, 0.25) is 5.02 Å². The van der Waals surface area contributed by atoms with Gasteiger partial charge in [0.2, 0.25) is 0 Å². The maximum Gasteiger partial charge on any atom is 0.127 e. The summed E-state index contributed by atoms with van der Waals surface area (Å²) in [4.78, 5) is 0.431. The van der Waals surface area contributed by atoms with Gasteiger partial charge >= 0.3 is 0 Å². The van der Waals surface area contributed by atoms with Crippen LogP contribution in [0.1, 0.15) is 12.5 Å². The molecule has 0 aliphatic rings. The third kappa shape index (κ3) is 3.95.